The van der Waals surface area contributed by atoms with Crippen LogP contribution in [0, 0.1) is 10.8 Å². The van der Waals surface area contributed by atoms with Crippen LogP contribution in [0.4, 0.5) is 0 Å². The van der Waals surface area contributed by atoms with Gasteiger partial charge in [0.2, 0.25) is 0 Å². The number of hydrogen-bond acceptors (Lipinski definition) is 4. The second-order valence-corrected chi connectivity index (χ2v) is 4.97. The molecule has 0 bridgehead atoms. The SMILES string of the molecule is CO[C@H]1CC(=O)C[C@@]2(C)C(=O)OC[C@@]12C. The van der Waals surface area contributed by atoms with Crippen LogP contribution < -0.4 is 0 Å². The van der Waals surface area contributed by atoms with Crippen LogP contribution >= 0.6 is 0 Å². The second kappa shape index (κ2) is 3.04. The van der Waals surface area contributed by atoms with Gasteiger partial charge in [0.25, 0.3) is 0 Å². The summed E-state index contributed by atoms with van der Waals surface area (Å²) < 4.78 is 10.5. The van der Waals surface area contributed by atoms with E-state index in [1.165, 1.54) is 0 Å². The quantitative estimate of drug-likeness (QED) is 0.607. The fourth-order valence-electron chi connectivity index (χ4n) is 2.73. The molecule has 1 aliphatic carbocycles. The lowest BCUT2D eigenvalue weighted by atomic mass is 9.57. The summed E-state index contributed by atoms with van der Waals surface area (Å²) in [6.45, 7) is 4.14. The zero-order valence-corrected chi connectivity index (χ0v) is 9.33. The molecule has 2 aliphatic rings. The predicted molar refractivity (Wildman–Crippen MR) is 52.2 cm³/mol. The minimum absolute atomic E-state index is 0.0840. The summed E-state index contributed by atoms with van der Waals surface area (Å²) >= 11 is 0. The predicted octanol–water partition coefficient (Wildman–Crippen LogP) is 0.934. The van der Waals surface area contributed by atoms with Crippen LogP contribution in [0.3, 0.4) is 0 Å². The molecule has 4 heteroatoms. The van der Waals surface area contributed by atoms with Crippen LogP contribution in [0.25, 0.3) is 0 Å². The minimum atomic E-state index is -0.705. The third kappa shape index (κ3) is 1.17. The van der Waals surface area contributed by atoms with Crippen LogP contribution in [0.2, 0.25) is 0 Å². The van der Waals surface area contributed by atoms with Crippen LogP contribution in [0.15, 0.2) is 0 Å². The van der Waals surface area contributed by atoms with Crippen molar-refractivity contribution in [2.75, 3.05) is 13.7 Å². The number of Topliss-reactive ketones (excluding diaryl/α,β-unsaturated/α-hetero) is 1. The van der Waals surface area contributed by atoms with Gasteiger partial charge in [0, 0.05) is 25.4 Å². The second-order valence-electron chi connectivity index (χ2n) is 4.97. The Bertz CT molecular complexity index is 325. The number of methoxy groups -OCH3 is 1. The number of carbonyl (C=O) groups is 2. The van der Waals surface area contributed by atoms with Gasteiger partial charge < -0.3 is 9.47 Å². The summed E-state index contributed by atoms with van der Waals surface area (Å²) in [5, 5.41) is 0. The molecule has 0 aromatic heterocycles. The maximum Gasteiger partial charge on any atom is 0.313 e. The van der Waals surface area contributed by atoms with Crippen molar-refractivity contribution in [3.8, 4) is 0 Å². The molecule has 2 rings (SSSR count). The maximum atomic E-state index is 11.7. The van der Waals surface area contributed by atoms with E-state index in [1.54, 1.807) is 7.11 Å². The summed E-state index contributed by atoms with van der Waals surface area (Å²) in [4.78, 5) is 23.3. The van der Waals surface area contributed by atoms with Crippen LogP contribution in [-0.2, 0) is 19.1 Å². The summed E-state index contributed by atoms with van der Waals surface area (Å²) in [5.74, 6) is -0.180. The third-order valence-corrected chi connectivity index (χ3v) is 4.17. The van der Waals surface area contributed by atoms with Crippen molar-refractivity contribution in [3.05, 3.63) is 0 Å². The maximum absolute atomic E-state index is 11.7. The van der Waals surface area contributed by atoms with E-state index in [2.05, 4.69) is 0 Å². The Morgan fingerprint density at radius 2 is 2.07 bits per heavy atom. The van der Waals surface area contributed by atoms with Gasteiger partial charge in [-0.3, -0.25) is 9.59 Å². The van der Waals surface area contributed by atoms with Crippen molar-refractivity contribution in [1.82, 2.24) is 0 Å². The number of cyclic esters (lactones) is 1. The molecule has 0 radical (unpaired) electrons. The van der Waals surface area contributed by atoms with E-state index < -0.39 is 5.41 Å². The average molecular weight is 212 g/mol. The summed E-state index contributed by atoms with van der Waals surface area (Å²) in [6.07, 6.45) is 0.455. The van der Waals surface area contributed by atoms with Gasteiger partial charge >= 0.3 is 5.97 Å². The molecule has 0 aromatic carbocycles. The number of ketones is 1. The number of esters is 1. The average Bonchev–Trinajstić information content (AvgIpc) is 2.40. The Hall–Kier alpha value is -0.900. The van der Waals surface area contributed by atoms with Crippen molar-refractivity contribution >= 4 is 11.8 Å². The monoisotopic (exact) mass is 212 g/mol. The topological polar surface area (TPSA) is 52.6 Å². The molecule has 84 valence electrons. The molecule has 0 amide bonds. The van der Waals surface area contributed by atoms with Gasteiger partial charge in [0.1, 0.15) is 12.4 Å². The van der Waals surface area contributed by atoms with E-state index in [-0.39, 0.29) is 29.7 Å². The van der Waals surface area contributed by atoms with Crippen molar-refractivity contribution in [1.29, 1.82) is 0 Å². The largest absolute Gasteiger partial charge is 0.465 e. The molecule has 1 saturated heterocycles. The summed E-state index contributed by atoms with van der Waals surface area (Å²) in [5.41, 5.74) is -1.07. The molecular formula is C11H16O4. The Kier molecular flexibility index (Phi) is 2.15. The highest BCUT2D eigenvalue weighted by atomic mass is 16.5. The standard InChI is InChI=1S/C11H16O4/c1-10-5-7(12)4-8(14-3)11(10,2)6-15-9(10)13/h8H,4-6H2,1-3H3/t8-,10-,11-/m0/s1. The molecule has 15 heavy (non-hydrogen) atoms. The Labute approximate surface area is 88.9 Å². The zero-order chi connectivity index (χ0) is 11.3. The van der Waals surface area contributed by atoms with E-state index in [9.17, 15) is 9.59 Å². The van der Waals surface area contributed by atoms with Gasteiger partial charge in [0.05, 0.1) is 11.5 Å². The number of ether oxygens (including phenoxy) is 2. The number of rotatable bonds is 1. The highest BCUT2D eigenvalue weighted by Gasteiger charge is 2.64. The summed E-state index contributed by atoms with van der Waals surface area (Å²) in [7, 11) is 1.58. The number of carbonyl (C=O) groups excluding carboxylic acids is 2. The number of fused-ring (bicyclic) bond motifs is 1. The molecule has 0 unspecified atom stereocenters. The van der Waals surface area contributed by atoms with Gasteiger partial charge in [0.15, 0.2) is 0 Å². The summed E-state index contributed by atoms with van der Waals surface area (Å²) in [6, 6.07) is 0. The first-order chi connectivity index (χ1) is 6.94. The van der Waals surface area contributed by atoms with Gasteiger partial charge in [-0.2, -0.15) is 0 Å². The highest BCUT2D eigenvalue weighted by Crippen LogP contribution is 2.54. The smallest absolute Gasteiger partial charge is 0.313 e. The van der Waals surface area contributed by atoms with Gasteiger partial charge in [-0.1, -0.05) is 6.92 Å². The van der Waals surface area contributed by atoms with Gasteiger partial charge in [-0.05, 0) is 6.92 Å². The van der Waals surface area contributed by atoms with Crippen LogP contribution in [0.1, 0.15) is 26.7 Å². The lowest BCUT2D eigenvalue weighted by molar-refractivity contribution is -0.156. The molecule has 2 fully saturated rings. The molecular weight excluding hydrogens is 196 g/mol. The van der Waals surface area contributed by atoms with Crippen molar-refractivity contribution in [2.45, 2.75) is 32.8 Å². The highest BCUT2D eigenvalue weighted by molar-refractivity contribution is 5.90. The van der Waals surface area contributed by atoms with Crippen molar-refractivity contribution in [3.63, 3.8) is 0 Å². The molecule has 1 aliphatic heterocycles. The fourth-order valence-corrected chi connectivity index (χ4v) is 2.73. The first-order valence-corrected chi connectivity index (χ1v) is 5.16. The molecule has 1 saturated carbocycles. The van der Waals surface area contributed by atoms with Crippen molar-refractivity contribution in [2.24, 2.45) is 10.8 Å². The minimum Gasteiger partial charge on any atom is -0.465 e. The lowest BCUT2D eigenvalue weighted by Crippen LogP contribution is -2.53. The lowest BCUT2D eigenvalue weighted by Gasteiger charge is -2.44. The van der Waals surface area contributed by atoms with Gasteiger partial charge in [-0.25, -0.2) is 0 Å². The molecule has 1 heterocycles. The normalized spacial score (nSPS) is 45.1. The van der Waals surface area contributed by atoms with E-state index in [4.69, 9.17) is 9.47 Å². The van der Waals surface area contributed by atoms with E-state index in [0.717, 1.165) is 0 Å². The molecule has 4 nitrogen and oxygen atoms in total. The fraction of sp³-hybridized carbons (Fsp3) is 0.818. The van der Waals surface area contributed by atoms with Crippen LogP contribution in [0.5, 0.6) is 0 Å². The third-order valence-electron chi connectivity index (χ3n) is 4.17. The number of hydrogen-bond donors (Lipinski definition) is 0. The molecule has 0 spiro atoms. The molecule has 0 N–H and O–H groups in total. The van der Waals surface area contributed by atoms with Gasteiger partial charge in [-0.15, -0.1) is 0 Å². The Morgan fingerprint density at radius 3 is 2.67 bits per heavy atom. The Morgan fingerprint density at radius 1 is 1.40 bits per heavy atom. The molecule has 3 atom stereocenters. The van der Waals surface area contributed by atoms with E-state index in [1.807, 2.05) is 13.8 Å². The zero-order valence-electron chi connectivity index (χ0n) is 9.33. The van der Waals surface area contributed by atoms with E-state index in [0.29, 0.717) is 13.0 Å². The first kappa shape index (κ1) is 10.6. The van der Waals surface area contributed by atoms with Crippen LogP contribution in [-0.4, -0.2) is 31.6 Å². The van der Waals surface area contributed by atoms with E-state index >= 15 is 0 Å². The Balaban J connectivity index is 2.43. The molecule has 0 aromatic rings. The van der Waals surface area contributed by atoms with Crippen molar-refractivity contribution < 1.29 is 19.1 Å². The first-order valence-electron chi connectivity index (χ1n) is 5.16.